The fourth-order valence-electron chi connectivity index (χ4n) is 1.50. The maximum atomic E-state index is 11.3. The maximum Gasteiger partial charge on any atom is 0.223 e. The van der Waals surface area contributed by atoms with Crippen LogP contribution in [0.4, 0.5) is 0 Å². The summed E-state index contributed by atoms with van der Waals surface area (Å²) in [6, 6.07) is 7.39. The highest BCUT2D eigenvalue weighted by atomic mass is 16.5. The third kappa shape index (κ3) is 3.66. The van der Waals surface area contributed by atoms with Crippen LogP contribution in [0.2, 0.25) is 0 Å². The van der Waals surface area contributed by atoms with Gasteiger partial charge in [-0.05, 0) is 37.1 Å². The summed E-state index contributed by atoms with van der Waals surface area (Å²) >= 11 is 0. The number of hydrogen-bond donors (Lipinski definition) is 1. The van der Waals surface area contributed by atoms with E-state index in [4.69, 9.17) is 9.47 Å². The molecule has 0 radical (unpaired) electrons. The Kier molecular flexibility index (Phi) is 3.85. The van der Waals surface area contributed by atoms with Crippen molar-refractivity contribution >= 4 is 5.91 Å². The Morgan fingerprint density at radius 2 is 1.94 bits per heavy atom. The van der Waals surface area contributed by atoms with Crippen molar-refractivity contribution in [2.75, 3.05) is 20.3 Å². The zero-order valence-electron chi connectivity index (χ0n) is 9.94. The van der Waals surface area contributed by atoms with Crippen molar-refractivity contribution in [3.8, 4) is 11.5 Å². The second kappa shape index (κ2) is 5.57. The first kappa shape index (κ1) is 11.8. The number of benzene rings is 1. The Balaban J connectivity index is 1.65. The third-order valence-corrected chi connectivity index (χ3v) is 2.68. The van der Waals surface area contributed by atoms with E-state index in [0.717, 1.165) is 24.3 Å². The standard InChI is InChI=1S/C13H17NO3/c1-16-11-4-6-12(7-5-11)17-9-8-14-13(15)10-2-3-10/h4-7,10H,2-3,8-9H2,1H3,(H,14,15). The average Bonchev–Trinajstić information content (AvgIpc) is 3.19. The van der Waals surface area contributed by atoms with Crippen LogP contribution in [0, 0.1) is 5.92 Å². The Hall–Kier alpha value is -1.71. The van der Waals surface area contributed by atoms with Crippen LogP contribution < -0.4 is 14.8 Å². The van der Waals surface area contributed by atoms with Crippen LogP contribution in [0.25, 0.3) is 0 Å². The number of carbonyl (C=O) groups excluding carboxylic acids is 1. The van der Waals surface area contributed by atoms with Crippen molar-refractivity contribution in [1.82, 2.24) is 5.32 Å². The molecule has 1 aromatic carbocycles. The predicted molar refractivity (Wildman–Crippen MR) is 64.2 cm³/mol. The zero-order chi connectivity index (χ0) is 12.1. The largest absolute Gasteiger partial charge is 0.497 e. The number of rotatable bonds is 6. The quantitative estimate of drug-likeness (QED) is 0.762. The topological polar surface area (TPSA) is 47.6 Å². The lowest BCUT2D eigenvalue weighted by Crippen LogP contribution is -2.29. The Labute approximate surface area is 101 Å². The first-order chi connectivity index (χ1) is 8.29. The van der Waals surface area contributed by atoms with Gasteiger partial charge in [-0.15, -0.1) is 0 Å². The van der Waals surface area contributed by atoms with Crippen LogP contribution in [0.3, 0.4) is 0 Å². The molecule has 1 aliphatic carbocycles. The highest BCUT2D eigenvalue weighted by Gasteiger charge is 2.28. The number of hydrogen-bond acceptors (Lipinski definition) is 3. The summed E-state index contributed by atoms with van der Waals surface area (Å²) in [6.45, 7) is 1.05. The minimum atomic E-state index is 0.156. The molecule has 4 nitrogen and oxygen atoms in total. The van der Waals surface area contributed by atoms with Gasteiger partial charge < -0.3 is 14.8 Å². The van der Waals surface area contributed by atoms with Gasteiger partial charge in [0.2, 0.25) is 5.91 Å². The molecule has 1 N–H and O–H groups in total. The van der Waals surface area contributed by atoms with Crippen LogP contribution in [-0.4, -0.2) is 26.2 Å². The molecule has 92 valence electrons. The lowest BCUT2D eigenvalue weighted by molar-refractivity contribution is -0.122. The van der Waals surface area contributed by atoms with Crippen LogP contribution in [0.1, 0.15) is 12.8 Å². The van der Waals surface area contributed by atoms with Gasteiger partial charge >= 0.3 is 0 Å². The summed E-state index contributed by atoms with van der Waals surface area (Å²) in [5, 5.41) is 2.85. The van der Waals surface area contributed by atoms with Gasteiger partial charge in [0.1, 0.15) is 18.1 Å². The molecule has 2 rings (SSSR count). The van der Waals surface area contributed by atoms with Gasteiger partial charge in [0, 0.05) is 5.92 Å². The Morgan fingerprint density at radius 1 is 1.29 bits per heavy atom. The minimum absolute atomic E-state index is 0.156. The van der Waals surface area contributed by atoms with E-state index in [-0.39, 0.29) is 11.8 Å². The van der Waals surface area contributed by atoms with Crippen LogP contribution in [0.5, 0.6) is 11.5 Å². The summed E-state index contributed by atoms with van der Waals surface area (Å²) in [6.07, 6.45) is 2.07. The van der Waals surface area contributed by atoms with Crippen molar-refractivity contribution in [1.29, 1.82) is 0 Å². The van der Waals surface area contributed by atoms with Gasteiger partial charge in [0.25, 0.3) is 0 Å². The molecule has 0 spiro atoms. The van der Waals surface area contributed by atoms with Gasteiger partial charge in [-0.3, -0.25) is 4.79 Å². The number of nitrogens with one attached hydrogen (secondary N) is 1. The molecular formula is C13H17NO3. The number of amides is 1. The molecule has 1 saturated carbocycles. The van der Waals surface area contributed by atoms with E-state index < -0.39 is 0 Å². The van der Waals surface area contributed by atoms with Gasteiger partial charge in [0.05, 0.1) is 13.7 Å². The summed E-state index contributed by atoms with van der Waals surface area (Å²) < 4.78 is 10.5. The van der Waals surface area contributed by atoms with Crippen LogP contribution in [-0.2, 0) is 4.79 Å². The lowest BCUT2D eigenvalue weighted by atomic mass is 10.3. The molecule has 1 aliphatic rings. The Bertz CT molecular complexity index is 371. The molecule has 1 amide bonds. The van der Waals surface area contributed by atoms with Crippen molar-refractivity contribution in [2.24, 2.45) is 5.92 Å². The summed E-state index contributed by atoms with van der Waals surface area (Å²) in [5.41, 5.74) is 0. The normalized spacial score (nSPS) is 14.2. The number of ether oxygens (including phenoxy) is 2. The third-order valence-electron chi connectivity index (χ3n) is 2.68. The van der Waals surface area contributed by atoms with E-state index in [9.17, 15) is 4.79 Å². The second-order valence-corrected chi connectivity index (χ2v) is 4.09. The fourth-order valence-corrected chi connectivity index (χ4v) is 1.50. The predicted octanol–water partition coefficient (Wildman–Crippen LogP) is 1.60. The second-order valence-electron chi connectivity index (χ2n) is 4.09. The summed E-state index contributed by atoms with van der Waals surface area (Å²) in [7, 11) is 1.63. The summed E-state index contributed by atoms with van der Waals surface area (Å²) in [4.78, 5) is 11.3. The molecule has 0 aliphatic heterocycles. The highest BCUT2D eigenvalue weighted by molar-refractivity contribution is 5.80. The van der Waals surface area contributed by atoms with Crippen molar-refractivity contribution in [3.63, 3.8) is 0 Å². The van der Waals surface area contributed by atoms with Crippen molar-refractivity contribution in [3.05, 3.63) is 24.3 Å². The maximum absolute atomic E-state index is 11.3. The molecule has 4 heteroatoms. The van der Waals surface area contributed by atoms with Gasteiger partial charge in [0.15, 0.2) is 0 Å². The van der Waals surface area contributed by atoms with Gasteiger partial charge in [-0.25, -0.2) is 0 Å². The monoisotopic (exact) mass is 235 g/mol. The SMILES string of the molecule is COc1ccc(OCCNC(=O)C2CC2)cc1. The molecular weight excluding hydrogens is 218 g/mol. The Morgan fingerprint density at radius 3 is 2.53 bits per heavy atom. The zero-order valence-corrected chi connectivity index (χ0v) is 9.94. The molecule has 0 unspecified atom stereocenters. The molecule has 17 heavy (non-hydrogen) atoms. The first-order valence-electron chi connectivity index (χ1n) is 5.84. The van der Waals surface area contributed by atoms with E-state index in [1.165, 1.54) is 0 Å². The van der Waals surface area contributed by atoms with Crippen LogP contribution in [0.15, 0.2) is 24.3 Å². The van der Waals surface area contributed by atoms with Gasteiger partial charge in [-0.1, -0.05) is 0 Å². The molecule has 0 saturated heterocycles. The molecule has 0 bridgehead atoms. The fraction of sp³-hybridized carbons (Fsp3) is 0.462. The summed E-state index contributed by atoms with van der Waals surface area (Å²) in [5.74, 6) is 2.00. The minimum Gasteiger partial charge on any atom is -0.497 e. The van der Waals surface area contributed by atoms with E-state index in [2.05, 4.69) is 5.32 Å². The smallest absolute Gasteiger partial charge is 0.223 e. The lowest BCUT2D eigenvalue weighted by Gasteiger charge is -2.07. The van der Waals surface area contributed by atoms with Gasteiger partial charge in [-0.2, -0.15) is 0 Å². The van der Waals surface area contributed by atoms with Crippen molar-refractivity contribution in [2.45, 2.75) is 12.8 Å². The average molecular weight is 235 g/mol. The highest BCUT2D eigenvalue weighted by Crippen LogP contribution is 2.28. The molecule has 0 heterocycles. The number of carbonyl (C=O) groups is 1. The molecule has 0 aromatic heterocycles. The first-order valence-corrected chi connectivity index (χ1v) is 5.84. The van der Waals surface area contributed by atoms with Crippen molar-refractivity contribution < 1.29 is 14.3 Å². The molecule has 1 aromatic rings. The van der Waals surface area contributed by atoms with E-state index in [1.807, 2.05) is 24.3 Å². The molecule has 1 fully saturated rings. The van der Waals surface area contributed by atoms with Crippen LogP contribution >= 0.6 is 0 Å². The van der Waals surface area contributed by atoms with E-state index in [1.54, 1.807) is 7.11 Å². The van der Waals surface area contributed by atoms with E-state index >= 15 is 0 Å². The molecule has 0 atom stereocenters. The number of methoxy groups -OCH3 is 1. The van der Waals surface area contributed by atoms with E-state index in [0.29, 0.717) is 13.2 Å².